The Morgan fingerprint density at radius 1 is 0.840 bits per heavy atom. The number of anilines is 2. The second kappa shape index (κ2) is 7.67. The van der Waals surface area contributed by atoms with E-state index in [0.29, 0.717) is 12.2 Å². The number of hydrogen-bond donors (Lipinski definition) is 6. The van der Waals surface area contributed by atoms with Gasteiger partial charge in [-0.25, -0.2) is 19.4 Å². The number of imidazole rings is 1. The number of nitrogens with two attached hydrogens (primary N) is 2. The molecule has 0 amide bonds. The zero-order valence-corrected chi connectivity index (χ0v) is 13.2. The van der Waals surface area contributed by atoms with E-state index in [1.807, 2.05) is 13.1 Å². The smallest absolute Gasteiger partial charge is 0.330 e. The Labute approximate surface area is 139 Å². The van der Waals surface area contributed by atoms with Crippen molar-refractivity contribution < 1.29 is 0 Å². The normalized spacial score (nSPS) is 10.1. The van der Waals surface area contributed by atoms with Crippen LogP contribution in [0.1, 0.15) is 17.3 Å². The molecule has 8 N–H and O–H groups in total. The second-order valence-electron chi connectivity index (χ2n) is 4.81. The topological polar surface area (TPSA) is 218 Å². The highest BCUT2D eigenvalue weighted by Crippen LogP contribution is 2.04. The lowest BCUT2D eigenvalue weighted by atomic mass is 10.2. The monoisotopic (exact) mass is 348 g/mol. The largest absolute Gasteiger partial charge is 0.368 e. The van der Waals surface area contributed by atoms with Crippen molar-refractivity contribution in [1.29, 1.82) is 0 Å². The molecule has 3 aromatic heterocycles. The number of nitrogens with zero attached hydrogens (tertiary/aromatic N) is 4. The first-order valence-electron chi connectivity index (χ1n) is 7.01. The third kappa shape index (κ3) is 5.74. The molecule has 3 heterocycles. The quantitative estimate of drug-likeness (QED) is 0.297. The summed E-state index contributed by atoms with van der Waals surface area (Å²) in [7, 11) is 0. The molecule has 0 atom stereocenters. The van der Waals surface area contributed by atoms with Gasteiger partial charge in [0.1, 0.15) is 11.6 Å². The predicted octanol–water partition coefficient (Wildman–Crippen LogP) is -2.40. The maximum absolute atomic E-state index is 10.2. The SMILES string of the molecule is Cc1nc(CCc2nc(N)nc(N)n2)c[nH]1.O=c1[nH]c(=O)[nH]c(=O)[nH]1. The molecular weight excluding hydrogens is 332 g/mol. The Hall–Kier alpha value is -3.77. The zero-order valence-electron chi connectivity index (χ0n) is 13.2. The number of aromatic amines is 4. The first kappa shape index (κ1) is 17.6. The molecular formula is C12H16N10O3. The Balaban J connectivity index is 0.000000212. The average molecular weight is 348 g/mol. The highest BCUT2D eigenvalue weighted by molar-refractivity contribution is 5.26. The lowest BCUT2D eigenvalue weighted by Crippen LogP contribution is -2.34. The molecule has 3 rings (SSSR count). The summed E-state index contributed by atoms with van der Waals surface area (Å²) in [6.45, 7) is 1.91. The summed E-state index contributed by atoms with van der Waals surface area (Å²) in [6, 6.07) is 0. The molecule has 0 aliphatic heterocycles. The second-order valence-corrected chi connectivity index (χ2v) is 4.81. The van der Waals surface area contributed by atoms with Crippen LogP contribution in [0.15, 0.2) is 20.6 Å². The molecule has 0 bridgehead atoms. The molecule has 0 spiro atoms. The van der Waals surface area contributed by atoms with Crippen molar-refractivity contribution in [1.82, 2.24) is 39.9 Å². The number of hydrogen-bond acceptors (Lipinski definition) is 9. The number of rotatable bonds is 3. The van der Waals surface area contributed by atoms with Crippen LogP contribution >= 0.6 is 0 Å². The van der Waals surface area contributed by atoms with Gasteiger partial charge >= 0.3 is 17.1 Å². The first-order chi connectivity index (χ1) is 11.8. The van der Waals surface area contributed by atoms with Gasteiger partial charge in [0.2, 0.25) is 11.9 Å². The average Bonchev–Trinajstić information content (AvgIpc) is 2.89. The van der Waals surface area contributed by atoms with Crippen LogP contribution in [0.4, 0.5) is 11.9 Å². The molecule has 0 aliphatic rings. The van der Waals surface area contributed by atoms with Gasteiger partial charge in [-0.15, -0.1) is 0 Å². The molecule has 3 aromatic rings. The van der Waals surface area contributed by atoms with Crippen molar-refractivity contribution in [2.75, 3.05) is 11.5 Å². The standard InChI is InChI=1S/C9H13N7.C3H3N3O3/c1-5-12-4-6(13-5)2-3-7-14-8(10)16-9(11)15-7;7-1-4-2(8)6-3(9)5-1/h4H,2-3H2,1H3,(H,12,13)(H4,10,11,14,15,16);(H3,4,5,6,7,8,9). The van der Waals surface area contributed by atoms with Gasteiger partial charge in [0.25, 0.3) is 0 Å². The number of aromatic nitrogens is 8. The van der Waals surface area contributed by atoms with E-state index in [2.05, 4.69) is 24.9 Å². The summed E-state index contributed by atoms with van der Waals surface area (Å²) in [6.07, 6.45) is 3.25. The summed E-state index contributed by atoms with van der Waals surface area (Å²) in [5.74, 6) is 1.79. The summed E-state index contributed by atoms with van der Waals surface area (Å²) in [4.78, 5) is 54.9. The van der Waals surface area contributed by atoms with Crippen molar-refractivity contribution in [3.8, 4) is 0 Å². The molecule has 13 heteroatoms. The van der Waals surface area contributed by atoms with Crippen LogP contribution in [0, 0.1) is 6.92 Å². The van der Waals surface area contributed by atoms with Crippen LogP contribution in [-0.4, -0.2) is 39.9 Å². The Morgan fingerprint density at radius 2 is 1.36 bits per heavy atom. The van der Waals surface area contributed by atoms with Crippen molar-refractivity contribution in [3.63, 3.8) is 0 Å². The maximum Gasteiger partial charge on any atom is 0.330 e. The van der Waals surface area contributed by atoms with E-state index < -0.39 is 17.1 Å². The number of nitrogens with one attached hydrogen (secondary N) is 4. The van der Waals surface area contributed by atoms with E-state index in [0.717, 1.165) is 17.9 Å². The minimum Gasteiger partial charge on any atom is -0.368 e. The molecule has 13 nitrogen and oxygen atoms in total. The van der Waals surface area contributed by atoms with Crippen molar-refractivity contribution in [2.24, 2.45) is 0 Å². The molecule has 0 saturated carbocycles. The van der Waals surface area contributed by atoms with Crippen molar-refractivity contribution >= 4 is 11.9 Å². The molecule has 25 heavy (non-hydrogen) atoms. The third-order valence-electron chi connectivity index (χ3n) is 2.76. The van der Waals surface area contributed by atoms with Crippen molar-refractivity contribution in [2.45, 2.75) is 19.8 Å². The van der Waals surface area contributed by atoms with Gasteiger partial charge in [-0.3, -0.25) is 15.0 Å². The zero-order chi connectivity index (χ0) is 18.4. The molecule has 0 saturated heterocycles. The highest BCUT2D eigenvalue weighted by Gasteiger charge is 2.04. The van der Waals surface area contributed by atoms with Crippen molar-refractivity contribution in [3.05, 3.63) is 55.0 Å². The lowest BCUT2D eigenvalue weighted by molar-refractivity contribution is 0.831. The number of nitrogen functional groups attached to an aromatic ring is 2. The van der Waals surface area contributed by atoms with Gasteiger partial charge in [0.15, 0.2) is 0 Å². The van der Waals surface area contributed by atoms with Crippen LogP contribution < -0.4 is 28.5 Å². The highest BCUT2D eigenvalue weighted by atomic mass is 16.2. The van der Waals surface area contributed by atoms with Crippen LogP contribution in [0.25, 0.3) is 0 Å². The molecule has 132 valence electrons. The third-order valence-corrected chi connectivity index (χ3v) is 2.76. The van der Waals surface area contributed by atoms with Gasteiger partial charge in [-0.1, -0.05) is 0 Å². The van der Waals surface area contributed by atoms with Gasteiger partial charge in [0.05, 0.1) is 5.69 Å². The summed E-state index contributed by atoms with van der Waals surface area (Å²) >= 11 is 0. The summed E-state index contributed by atoms with van der Waals surface area (Å²) < 4.78 is 0. The predicted molar refractivity (Wildman–Crippen MR) is 87.7 cm³/mol. The molecule has 0 fully saturated rings. The van der Waals surface area contributed by atoms with Crippen LogP contribution in [0.2, 0.25) is 0 Å². The molecule has 0 radical (unpaired) electrons. The van der Waals surface area contributed by atoms with Crippen LogP contribution in [-0.2, 0) is 12.8 Å². The summed E-state index contributed by atoms with van der Waals surface area (Å²) in [5.41, 5.74) is 9.50. The van der Waals surface area contributed by atoms with E-state index in [1.165, 1.54) is 0 Å². The van der Waals surface area contributed by atoms with E-state index in [-0.39, 0.29) is 11.9 Å². The Kier molecular flexibility index (Phi) is 5.39. The fourth-order valence-corrected chi connectivity index (χ4v) is 1.81. The van der Waals surface area contributed by atoms with E-state index >= 15 is 0 Å². The van der Waals surface area contributed by atoms with E-state index in [4.69, 9.17) is 11.5 Å². The van der Waals surface area contributed by atoms with E-state index in [9.17, 15) is 14.4 Å². The number of aryl methyl sites for hydroxylation is 3. The fraction of sp³-hybridized carbons (Fsp3) is 0.250. The van der Waals surface area contributed by atoms with Gasteiger partial charge in [-0.2, -0.15) is 15.0 Å². The Morgan fingerprint density at radius 3 is 1.80 bits per heavy atom. The fourth-order valence-electron chi connectivity index (χ4n) is 1.81. The number of H-pyrrole nitrogens is 4. The van der Waals surface area contributed by atoms with Gasteiger partial charge in [-0.05, 0) is 13.3 Å². The van der Waals surface area contributed by atoms with Gasteiger partial charge in [0, 0.05) is 12.6 Å². The lowest BCUT2D eigenvalue weighted by Gasteiger charge is -2.00. The minimum atomic E-state index is -0.802. The summed E-state index contributed by atoms with van der Waals surface area (Å²) in [5, 5.41) is 0. The van der Waals surface area contributed by atoms with Crippen LogP contribution in [0.3, 0.4) is 0 Å². The Bertz CT molecular complexity index is 916. The van der Waals surface area contributed by atoms with Crippen LogP contribution in [0.5, 0.6) is 0 Å². The molecule has 0 aromatic carbocycles. The first-order valence-corrected chi connectivity index (χ1v) is 7.01. The minimum absolute atomic E-state index is 0.153. The molecule has 0 aliphatic carbocycles. The molecule has 0 unspecified atom stereocenters. The maximum atomic E-state index is 10.2. The van der Waals surface area contributed by atoms with E-state index in [1.54, 1.807) is 15.0 Å². The van der Waals surface area contributed by atoms with Gasteiger partial charge < -0.3 is 16.5 Å².